The van der Waals surface area contributed by atoms with Gasteiger partial charge in [-0.1, -0.05) is 78.4 Å². The molecule has 3 nitrogen and oxygen atoms in total. The topological polar surface area (TPSA) is 46.2 Å². The van der Waals surface area contributed by atoms with Crippen molar-refractivity contribution < 1.29 is 9.59 Å². The van der Waals surface area contributed by atoms with Crippen LogP contribution >= 0.6 is 0 Å². The number of anilines is 1. The Morgan fingerprint density at radius 2 is 1.42 bits per heavy atom. The first-order chi connectivity index (χ1) is 12.6. The molecule has 0 saturated heterocycles. The molecule has 0 fully saturated rings. The maximum atomic E-state index is 12.3. The zero-order valence-corrected chi connectivity index (χ0v) is 14.7. The van der Waals surface area contributed by atoms with Crippen LogP contribution in [0.5, 0.6) is 0 Å². The number of carbonyl (C=O) groups excluding carboxylic acids is 2. The molecular formula is C23H21NO2. The highest BCUT2D eigenvalue weighted by molar-refractivity contribution is 6.01. The number of nitrogens with one attached hydrogen (secondary N) is 1. The predicted molar refractivity (Wildman–Crippen MR) is 105 cm³/mol. The minimum atomic E-state index is -0.158. The third-order valence-electron chi connectivity index (χ3n) is 4.24. The number of para-hydroxylation sites is 1. The van der Waals surface area contributed by atoms with E-state index in [1.165, 1.54) is 0 Å². The second-order valence-electron chi connectivity index (χ2n) is 6.25. The number of ketones is 1. The van der Waals surface area contributed by atoms with E-state index in [-0.39, 0.29) is 24.5 Å². The molecule has 3 rings (SSSR count). The van der Waals surface area contributed by atoms with Gasteiger partial charge in [-0.15, -0.1) is 0 Å². The summed E-state index contributed by atoms with van der Waals surface area (Å²) in [6.07, 6.45) is 0.359. The number of carbonyl (C=O) groups is 2. The van der Waals surface area contributed by atoms with Gasteiger partial charge in [0.15, 0.2) is 5.78 Å². The first-order valence-corrected chi connectivity index (χ1v) is 8.67. The Balaban J connectivity index is 1.64. The van der Waals surface area contributed by atoms with Crippen molar-refractivity contribution in [2.45, 2.75) is 19.8 Å². The van der Waals surface area contributed by atoms with Crippen LogP contribution < -0.4 is 5.32 Å². The van der Waals surface area contributed by atoms with Gasteiger partial charge in [-0.05, 0) is 18.6 Å². The van der Waals surface area contributed by atoms with Gasteiger partial charge in [-0.2, -0.15) is 0 Å². The van der Waals surface area contributed by atoms with Crippen LogP contribution in [0.15, 0.2) is 78.9 Å². The Hall–Kier alpha value is -3.20. The number of aryl methyl sites for hydroxylation is 1. The molecule has 0 radical (unpaired) electrons. The predicted octanol–water partition coefficient (Wildman–Crippen LogP) is 5.26. The zero-order chi connectivity index (χ0) is 18.4. The summed E-state index contributed by atoms with van der Waals surface area (Å²) in [5.74, 6) is -0.176. The molecule has 0 unspecified atom stereocenters. The number of amides is 1. The average Bonchev–Trinajstić information content (AvgIpc) is 2.68. The van der Waals surface area contributed by atoms with Crippen molar-refractivity contribution in [2.24, 2.45) is 0 Å². The molecule has 0 aliphatic heterocycles. The van der Waals surface area contributed by atoms with E-state index in [0.717, 1.165) is 22.4 Å². The van der Waals surface area contributed by atoms with Gasteiger partial charge in [0, 0.05) is 29.7 Å². The van der Waals surface area contributed by atoms with Crippen LogP contribution in [0.25, 0.3) is 11.1 Å². The molecule has 0 heterocycles. The fraction of sp³-hybridized carbons (Fsp3) is 0.130. The first kappa shape index (κ1) is 17.6. The van der Waals surface area contributed by atoms with Crippen LogP contribution in [0.1, 0.15) is 28.8 Å². The molecule has 0 saturated carbocycles. The first-order valence-electron chi connectivity index (χ1n) is 8.67. The summed E-state index contributed by atoms with van der Waals surface area (Å²) in [6, 6.07) is 25.0. The molecule has 0 bridgehead atoms. The van der Waals surface area contributed by atoms with Gasteiger partial charge in [0.05, 0.1) is 0 Å². The minimum Gasteiger partial charge on any atom is -0.326 e. The number of Topliss-reactive ketones (excluding diaryl/α,β-unsaturated/α-hetero) is 1. The fourth-order valence-corrected chi connectivity index (χ4v) is 2.79. The van der Waals surface area contributed by atoms with Crippen LogP contribution in [0.4, 0.5) is 5.69 Å². The highest BCUT2D eigenvalue weighted by Crippen LogP contribution is 2.27. The van der Waals surface area contributed by atoms with Gasteiger partial charge in [-0.3, -0.25) is 9.59 Å². The third-order valence-corrected chi connectivity index (χ3v) is 4.24. The molecule has 3 heteroatoms. The summed E-state index contributed by atoms with van der Waals surface area (Å²) >= 11 is 0. The summed E-state index contributed by atoms with van der Waals surface area (Å²) in [7, 11) is 0. The second kappa shape index (κ2) is 8.26. The Bertz CT molecular complexity index is 899. The van der Waals surface area contributed by atoms with Crippen LogP contribution in [0, 0.1) is 6.92 Å². The highest BCUT2D eigenvalue weighted by atomic mass is 16.2. The Morgan fingerprint density at radius 1 is 0.769 bits per heavy atom. The lowest BCUT2D eigenvalue weighted by molar-refractivity contribution is -0.116. The average molecular weight is 343 g/mol. The van der Waals surface area contributed by atoms with Crippen molar-refractivity contribution in [1.29, 1.82) is 0 Å². The van der Waals surface area contributed by atoms with E-state index < -0.39 is 0 Å². The van der Waals surface area contributed by atoms with E-state index in [0.29, 0.717) is 5.56 Å². The molecule has 0 aromatic heterocycles. The highest BCUT2D eigenvalue weighted by Gasteiger charge is 2.11. The summed E-state index contributed by atoms with van der Waals surface area (Å²) in [5.41, 5.74) is 4.52. The standard InChI is InChI=1S/C23H21NO2/c1-17-11-13-19(14-12-17)22(25)15-16-23(26)24-21-10-6-5-9-20(21)18-7-3-2-4-8-18/h2-14H,15-16H2,1H3,(H,24,26). The van der Waals surface area contributed by atoms with Gasteiger partial charge in [0.25, 0.3) is 0 Å². The van der Waals surface area contributed by atoms with Crippen molar-refractivity contribution in [2.75, 3.05) is 5.32 Å². The van der Waals surface area contributed by atoms with Gasteiger partial charge in [0.2, 0.25) is 5.91 Å². The van der Waals surface area contributed by atoms with E-state index in [2.05, 4.69) is 5.32 Å². The maximum absolute atomic E-state index is 12.3. The van der Waals surface area contributed by atoms with Crippen molar-refractivity contribution in [1.82, 2.24) is 0 Å². The molecule has 3 aromatic carbocycles. The Kier molecular flexibility index (Phi) is 5.59. The Morgan fingerprint density at radius 3 is 2.15 bits per heavy atom. The Labute approximate surface area is 153 Å². The molecule has 0 aliphatic rings. The second-order valence-corrected chi connectivity index (χ2v) is 6.25. The van der Waals surface area contributed by atoms with E-state index in [4.69, 9.17) is 0 Å². The maximum Gasteiger partial charge on any atom is 0.224 e. The molecule has 0 aliphatic carbocycles. The molecule has 130 valence electrons. The molecule has 26 heavy (non-hydrogen) atoms. The monoisotopic (exact) mass is 343 g/mol. The van der Waals surface area contributed by atoms with E-state index in [1.807, 2.05) is 73.7 Å². The molecule has 3 aromatic rings. The van der Waals surface area contributed by atoms with Gasteiger partial charge < -0.3 is 5.32 Å². The summed E-state index contributed by atoms with van der Waals surface area (Å²) in [5, 5.41) is 2.93. The van der Waals surface area contributed by atoms with Crippen LogP contribution in [0.2, 0.25) is 0 Å². The summed E-state index contributed by atoms with van der Waals surface area (Å²) in [4.78, 5) is 24.5. The van der Waals surface area contributed by atoms with Crippen LogP contribution in [-0.4, -0.2) is 11.7 Å². The molecule has 1 N–H and O–H groups in total. The van der Waals surface area contributed by atoms with Crippen LogP contribution in [0.3, 0.4) is 0 Å². The van der Waals surface area contributed by atoms with E-state index in [1.54, 1.807) is 12.1 Å². The van der Waals surface area contributed by atoms with Gasteiger partial charge >= 0.3 is 0 Å². The van der Waals surface area contributed by atoms with Crippen LogP contribution in [-0.2, 0) is 4.79 Å². The summed E-state index contributed by atoms with van der Waals surface area (Å²) in [6.45, 7) is 1.98. The van der Waals surface area contributed by atoms with Crippen molar-refractivity contribution in [3.63, 3.8) is 0 Å². The molecule has 0 spiro atoms. The number of rotatable bonds is 6. The third kappa shape index (κ3) is 4.45. The van der Waals surface area contributed by atoms with Crippen molar-refractivity contribution >= 4 is 17.4 Å². The van der Waals surface area contributed by atoms with Gasteiger partial charge in [-0.25, -0.2) is 0 Å². The lowest BCUT2D eigenvalue weighted by Gasteiger charge is -2.11. The lowest BCUT2D eigenvalue weighted by atomic mass is 10.0. The van der Waals surface area contributed by atoms with E-state index >= 15 is 0 Å². The molecule has 0 atom stereocenters. The van der Waals surface area contributed by atoms with E-state index in [9.17, 15) is 9.59 Å². The molecule has 1 amide bonds. The smallest absolute Gasteiger partial charge is 0.224 e. The number of benzene rings is 3. The quantitative estimate of drug-likeness (QED) is 0.620. The minimum absolute atomic E-state index is 0.0171. The van der Waals surface area contributed by atoms with Gasteiger partial charge in [0.1, 0.15) is 0 Å². The van der Waals surface area contributed by atoms with Crippen molar-refractivity contribution in [3.8, 4) is 11.1 Å². The largest absolute Gasteiger partial charge is 0.326 e. The molecular weight excluding hydrogens is 322 g/mol. The lowest BCUT2D eigenvalue weighted by Crippen LogP contribution is -2.14. The number of hydrogen-bond donors (Lipinski definition) is 1. The normalized spacial score (nSPS) is 10.3. The zero-order valence-electron chi connectivity index (χ0n) is 14.7. The number of hydrogen-bond acceptors (Lipinski definition) is 2. The summed E-state index contributed by atoms with van der Waals surface area (Å²) < 4.78 is 0. The fourth-order valence-electron chi connectivity index (χ4n) is 2.79. The SMILES string of the molecule is Cc1ccc(C(=O)CCC(=O)Nc2ccccc2-c2ccccc2)cc1. The van der Waals surface area contributed by atoms with Crippen molar-refractivity contribution in [3.05, 3.63) is 90.0 Å².